The quantitative estimate of drug-likeness (QED) is 0.648. The van der Waals surface area contributed by atoms with Gasteiger partial charge in [-0.2, -0.15) is 10.4 Å². The maximum Gasteiger partial charge on any atom is 1.00 e. The van der Waals surface area contributed by atoms with E-state index in [9.17, 15) is 4.79 Å². The summed E-state index contributed by atoms with van der Waals surface area (Å²) in [5.41, 5.74) is -0.00125. The molecule has 1 aliphatic carbocycles. The second-order valence-corrected chi connectivity index (χ2v) is 3.83. The van der Waals surface area contributed by atoms with Crippen LogP contribution in [-0.2, 0) is 6.54 Å². The number of hydrogen-bond acceptors (Lipinski definition) is 3. The number of aromatic nitrogens is 2. The van der Waals surface area contributed by atoms with Crippen molar-refractivity contribution in [3.8, 4) is 6.07 Å². The van der Waals surface area contributed by atoms with Crippen LogP contribution in [0.3, 0.4) is 0 Å². The first kappa shape index (κ1) is 13.9. The average molecular weight is 245 g/mol. The van der Waals surface area contributed by atoms with E-state index >= 15 is 0 Å². The minimum Gasteiger partial charge on any atom is -1.00 e. The standard InChI is InChI=1S/C10H11N3O2.K.H/c11-4-9-8(10(14)15)6-13(12-9)5-7-2-1-3-7;;/h6-7H,1-3,5H2,(H,14,15);;/q;+1;-1. The number of carboxylic acid groups (broad SMARTS) is 1. The van der Waals surface area contributed by atoms with Gasteiger partial charge < -0.3 is 6.53 Å². The molecule has 0 aliphatic heterocycles. The van der Waals surface area contributed by atoms with Crippen molar-refractivity contribution in [2.75, 3.05) is 0 Å². The summed E-state index contributed by atoms with van der Waals surface area (Å²) in [5, 5.41) is 21.5. The van der Waals surface area contributed by atoms with E-state index in [1.54, 1.807) is 10.8 Å². The fourth-order valence-electron chi connectivity index (χ4n) is 1.69. The number of aromatic carboxylic acids is 1. The summed E-state index contributed by atoms with van der Waals surface area (Å²) < 4.78 is 1.58. The molecule has 0 aromatic carbocycles. The van der Waals surface area contributed by atoms with Crippen molar-refractivity contribution in [1.29, 1.82) is 5.26 Å². The molecule has 1 saturated carbocycles. The summed E-state index contributed by atoms with van der Waals surface area (Å²) >= 11 is 0. The first-order valence-electron chi connectivity index (χ1n) is 4.91. The Morgan fingerprint density at radius 1 is 1.75 bits per heavy atom. The summed E-state index contributed by atoms with van der Waals surface area (Å²) in [4.78, 5) is 10.8. The molecule has 0 radical (unpaired) electrons. The molecule has 0 amide bonds. The smallest absolute Gasteiger partial charge is 1.00 e. The van der Waals surface area contributed by atoms with Gasteiger partial charge in [0.15, 0.2) is 5.69 Å². The number of carbonyl (C=O) groups is 1. The second kappa shape index (κ2) is 5.94. The van der Waals surface area contributed by atoms with E-state index in [0.717, 1.165) is 6.54 Å². The van der Waals surface area contributed by atoms with Crippen LogP contribution in [0.2, 0.25) is 0 Å². The van der Waals surface area contributed by atoms with Crippen LogP contribution in [0.4, 0.5) is 0 Å². The van der Waals surface area contributed by atoms with Crippen LogP contribution in [0, 0.1) is 17.2 Å². The molecule has 1 aromatic rings. The topological polar surface area (TPSA) is 78.9 Å². The monoisotopic (exact) mass is 245 g/mol. The number of nitriles is 1. The van der Waals surface area contributed by atoms with Gasteiger partial charge in [0.1, 0.15) is 11.6 Å². The molecule has 2 rings (SSSR count). The van der Waals surface area contributed by atoms with E-state index in [1.807, 2.05) is 0 Å². The minimum atomic E-state index is -1.09. The molecule has 1 N–H and O–H groups in total. The zero-order valence-electron chi connectivity index (χ0n) is 10.2. The molecular formula is C10H12KN3O2. The molecule has 16 heavy (non-hydrogen) atoms. The number of rotatable bonds is 3. The third-order valence-corrected chi connectivity index (χ3v) is 2.77. The summed E-state index contributed by atoms with van der Waals surface area (Å²) in [5.74, 6) is -0.496. The molecule has 80 valence electrons. The van der Waals surface area contributed by atoms with E-state index in [0.29, 0.717) is 5.92 Å². The van der Waals surface area contributed by atoms with Crippen molar-refractivity contribution in [2.45, 2.75) is 25.8 Å². The predicted molar refractivity (Wildman–Crippen MR) is 52.4 cm³/mol. The van der Waals surface area contributed by atoms with Crippen LogP contribution >= 0.6 is 0 Å². The van der Waals surface area contributed by atoms with Gasteiger partial charge in [-0.15, -0.1) is 0 Å². The van der Waals surface area contributed by atoms with Crippen molar-refractivity contribution >= 4 is 5.97 Å². The maximum absolute atomic E-state index is 10.8. The van der Waals surface area contributed by atoms with Gasteiger partial charge >= 0.3 is 57.4 Å². The van der Waals surface area contributed by atoms with Gasteiger partial charge in [-0.05, 0) is 18.8 Å². The predicted octanol–water partition coefficient (Wildman–Crippen LogP) is -1.63. The van der Waals surface area contributed by atoms with Gasteiger partial charge in [0, 0.05) is 12.7 Å². The van der Waals surface area contributed by atoms with Crippen LogP contribution < -0.4 is 51.4 Å². The first-order chi connectivity index (χ1) is 7.20. The second-order valence-electron chi connectivity index (χ2n) is 3.83. The van der Waals surface area contributed by atoms with Crippen LogP contribution in [0.15, 0.2) is 6.20 Å². The van der Waals surface area contributed by atoms with Gasteiger partial charge in [0.05, 0.1) is 0 Å². The van der Waals surface area contributed by atoms with E-state index < -0.39 is 5.97 Å². The van der Waals surface area contributed by atoms with Gasteiger partial charge in [-0.25, -0.2) is 4.79 Å². The fraction of sp³-hybridized carbons (Fsp3) is 0.500. The largest absolute Gasteiger partial charge is 1.00 e. The minimum absolute atomic E-state index is 0. The van der Waals surface area contributed by atoms with Gasteiger partial charge in [0.2, 0.25) is 0 Å². The zero-order valence-corrected chi connectivity index (χ0v) is 12.3. The maximum atomic E-state index is 10.8. The van der Waals surface area contributed by atoms with Crippen molar-refractivity contribution < 1.29 is 62.7 Å². The van der Waals surface area contributed by atoms with Crippen LogP contribution in [0.25, 0.3) is 0 Å². The van der Waals surface area contributed by atoms with Crippen molar-refractivity contribution in [2.24, 2.45) is 5.92 Å². The average Bonchev–Trinajstić information content (AvgIpc) is 2.54. The van der Waals surface area contributed by atoms with Crippen LogP contribution in [0.5, 0.6) is 0 Å². The summed E-state index contributed by atoms with van der Waals surface area (Å²) in [7, 11) is 0. The Bertz CT molecular complexity index is 437. The van der Waals surface area contributed by atoms with Gasteiger partial charge in [0.25, 0.3) is 0 Å². The number of hydrogen-bond donors (Lipinski definition) is 1. The molecule has 1 fully saturated rings. The van der Waals surface area contributed by atoms with E-state index in [2.05, 4.69) is 5.10 Å². The van der Waals surface area contributed by atoms with Crippen molar-refractivity contribution in [1.82, 2.24) is 9.78 Å². The molecule has 5 nitrogen and oxygen atoms in total. The SMILES string of the molecule is N#Cc1nn(CC2CCC2)cc1C(=O)O.[H-].[K+]. The molecule has 0 saturated heterocycles. The third-order valence-electron chi connectivity index (χ3n) is 2.77. The van der Waals surface area contributed by atoms with Crippen LogP contribution in [-0.4, -0.2) is 20.9 Å². The van der Waals surface area contributed by atoms with Gasteiger partial charge in [-0.3, -0.25) is 4.68 Å². The Labute approximate surface area is 137 Å². The Morgan fingerprint density at radius 2 is 2.44 bits per heavy atom. The van der Waals surface area contributed by atoms with Gasteiger partial charge in [-0.1, -0.05) is 6.42 Å². The Hall–Kier alpha value is -0.194. The molecule has 0 spiro atoms. The normalized spacial score (nSPS) is 14.7. The zero-order chi connectivity index (χ0) is 10.8. The molecule has 1 aliphatic rings. The van der Waals surface area contributed by atoms with E-state index in [4.69, 9.17) is 10.4 Å². The Balaban J connectivity index is 0.00000128. The molecule has 1 heterocycles. The summed E-state index contributed by atoms with van der Waals surface area (Å²) in [6, 6.07) is 1.79. The Morgan fingerprint density at radius 3 is 2.81 bits per heavy atom. The van der Waals surface area contributed by atoms with Crippen molar-refractivity contribution in [3.63, 3.8) is 0 Å². The molecule has 0 bridgehead atoms. The first-order valence-corrected chi connectivity index (χ1v) is 4.91. The molecular weight excluding hydrogens is 233 g/mol. The molecule has 0 atom stereocenters. The van der Waals surface area contributed by atoms with Crippen LogP contribution in [0.1, 0.15) is 36.7 Å². The van der Waals surface area contributed by atoms with Crippen molar-refractivity contribution in [3.05, 3.63) is 17.5 Å². The number of nitrogens with zero attached hydrogens (tertiary/aromatic N) is 3. The molecule has 0 unspecified atom stereocenters. The molecule has 1 aromatic heterocycles. The fourth-order valence-corrected chi connectivity index (χ4v) is 1.69. The number of carboxylic acids is 1. The Kier molecular flexibility index (Phi) is 5.15. The summed E-state index contributed by atoms with van der Waals surface area (Å²) in [6.45, 7) is 0.724. The van der Waals surface area contributed by atoms with E-state index in [1.165, 1.54) is 25.5 Å². The third kappa shape index (κ3) is 2.93. The summed E-state index contributed by atoms with van der Waals surface area (Å²) in [6.07, 6.45) is 5.02. The van der Waals surface area contributed by atoms with E-state index in [-0.39, 0.29) is 64.1 Å². The molecule has 6 heteroatoms.